The van der Waals surface area contributed by atoms with E-state index in [1.165, 1.54) is 11.8 Å². The Kier molecular flexibility index (Phi) is 6.19. The minimum absolute atomic E-state index is 0.116. The van der Waals surface area contributed by atoms with Crippen molar-refractivity contribution < 1.29 is 22.4 Å². The van der Waals surface area contributed by atoms with Crippen LogP contribution in [0.25, 0.3) is 0 Å². The minimum atomic E-state index is -4.67. The van der Waals surface area contributed by atoms with E-state index in [-0.39, 0.29) is 23.8 Å². The Bertz CT molecular complexity index is 692. The third kappa shape index (κ3) is 5.52. The second-order valence-corrected chi connectivity index (χ2v) is 5.91. The lowest BCUT2D eigenvalue weighted by Crippen LogP contribution is -2.26. The quantitative estimate of drug-likeness (QED) is 0.799. The first-order valence-corrected chi connectivity index (χ1v) is 8.10. The Morgan fingerprint density at radius 3 is 2.54 bits per heavy atom. The molecule has 0 saturated heterocycles. The highest BCUT2D eigenvalue weighted by molar-refractivity contribution is 7.99. The van der Waals surface area contributed by atoms with Gasteiger partial charge in [0.1, 0.15) is 5.82 Å². The molecule has 0 aliphatic carbocycles. The van der Waals surface area contributed by atoms with Crippen LogP contribution < -0.4 is 5.32 Å². The molecule has 0 radical (unpaired) electrons. The summed E-state index contributed by atoms with van der Waals surface area (Å²) in [6.45, 7) is -0.302. The van der Waals surface area contributed by atoms with Crippen LogP contribution >= 0.6 is 11.8 Å². The van der Waals surface area contributed by atoms with E-state index in [2.05, 4.69) is 10.3 Å². The van der Waals surface area contributed by atoms with Gasteiger partial charge in [-0.15, -0.1) is 11.8 Å². The van der Waals surface area contributed by atoms with Crippen LogP contribution in [0.3, 0.4) is 0 Å². The molecular formula is C16H14F4N2OS. The molecule has 0 unspecified atom stereocenters. The van der Waals surface area contributed by atoms with Gasteiger partial charge in [-0.2, -0.15) is 13.2 Å². The maximum Gasteiger partial charge on any atom is 0.416 e. The zero-order valence-electron chi connectivity index (χ0n) is 12.4. The number of thioether (sulfide) groups is 1. The first-order valence-electron chi connectivity index (χ1n) is 6.95. The maximum atomic E-state index is 13.0. The maximum absolute atomic E-state index is 13.0. The fourth-order valence-electron chi connectivity index (χ4n) is 1.95. The highest BCUT2D eigenvalue weighted by Gasteiger charge is 2.33. The van der Waals surface area contributed by atoms with Gasteiger partial charge in [0.2, 0.25) is 5.91 Å². The van der Waals surface area contributed by atoms with Crippen LogP contribution in [0.4, 0.5) is 17.6 Å². The highest BCUT2D eigenvalue weighted by Crippen LogP contribution is 2.32. The number of pyridine rings is 1. The van der Waals surface area contributed by atoms with Crippen molar-refractivity contribution >= 4 is 17.7 Å². The van der Waals surface area contributed by atoms with E-state index < -0.39 is 17.6 Å². The van der Waals surface area contributed by atoms with Crippen molar-refractivity contribution in [1.29, 1.82) is 0 Å². The van der Waals surface area contributed by atoms with Crippen LogP contribution in [0.5, 0.6) is 0 Å². The number of halogens is 4. The molecule has 0 bridgehead atoms. The summed E-state index contributed by atoms with van der Waals surface area (Å²) in [5.41, 5.74) is -0.246. The largest absolute Gasteiger partial charge is 0.416 e. The smallest absolute Gasteiger partial charge is 0.351 e. The molecule has 1 heterocycles. The lowest BCUT2D eigenvalue weighted by atomic mass is 10.1. The van der Waals surface area contributed by atoms with E-state index >= 15 is 0 Å². The van der Waals surface area contributed by atoms with E-state index in [0.29, 0.717) is 11.8 Å². The lowest BCUT2D eigenvalue weighted by molar-refractivity contribution is -0.138. The number of alkyl halides is 3. The van der Waals surface area contributed by atoms with Crippen molar-refractivity contribution in [1.82, 2.24) is 10.3 Å². The second-order valence-electron chi connectivity index (χ2n) is 4.92. The van der Waals surface area contributed by atoms with Gasteiger partial charge in [-0.3, -0.25) is 9.78 Å². The Balaban J connectivity index is 1.86. The van der Waals surface area contributed by atoms with Crippen LogP contribution in [0.1, 0.15) is 16.7 Å². The van der Waals surface area contributed by atoms with Crippen LogP contribution in [0.2, 0.25) is 0 Å². The molecule has 1 aromatic carbocycles. The van der Waals surface area contributed by atoms with E-state index in [9.17, 15) is 22.4 Å². The summed E-state index contributed by atoms with van der Waals surface area (Å²) in [4.78, 5) is 15.6. The van der Waals surface area contributed by atoms with Crippen molar-refractivity contribution in [3.63, 3.8) is 0 Å². The van der Waals surface area contributed by atoms with Gasteiger partial charge in [-0.1, -0.05) is 6.07 Å². The summed E-state index contributed by atoms with van der Waals surface area (Å²) in [7, 11) is 0. The molecule has 0 fully saturated rings. The molecule has 128 valence electrons. The van der Waals surface area contributed by atoms with E-state index in [4.69, 9.17) is 0 Å². The van der Waals surface area contributed by atoms with Gasteiger partial charge in [0.25, 0.3) is 0 Å². The summed E-state index contributed by atoms with van der Waals surface area (Å²) in [5, 5.41) is 2.42. The molecule has 0 atom stereocenters. The number of rotatable bonds is 6. The molecular weight excluding hydrogens is 344 g/mol. The van der Waals surface area contributed by atoms with E-state index in [0.717, 1.165) is 17.7 Å². The average molecular weight is 358 g/mol. The summed E-state index contributed by atoms with van der Waals surface area (Å²) in [6, 6.07) is 6.04. The molecule has 0 aliphatic rings. The van der Waals surface area contributed by atoms with Crippen LogP contribution in [0, 0.1) is 5.82 Å². The molecule has 2 rings (SSSR count). The number of carbonyl (C=O) groups excluding carboxylic acids is 1. The monoisotopic (exact) mass is 358 g/mol. The van der Waals surface area contributed by atoms with E-state index in [1.807, 2.05) is 12.1 Å². The molecule has 1 N–H and O–H groups in total. The average Bonchev–Trinajstić information content (AvgIpc) is 2.54. The van der Waals surface area contributed by atoms with Gasteiger partial charge in [0.15, 0.2) is 0 Å². The molecule has 2 aromatic rings. The molecule has 24 heavy (non-hydrogen) atoms. The van der Waals surface area contributed by atoms with Gasteiger partial charge in [-0.05, 0) is 35.4 Å². The van der Waals surface area contributed by atoms with E-state index in [1.54, 1.807) is 12.4 Å². The highest BCUT2D eigenvalue weighted by atomic mass is 32.2. The number of hydrogen-bond acceptors (Lipinski definition) is 3. The van der Waals surface area contributed by atoms with Crippen molar-refractivity contribution in [2.24, 2.45) is 0 Å². The molecule has 1 aromatic heterocycles. The first kappa shape index (κ1) is 18.3. The van der Waals surface area contributed by atoms with Crippen molar-refractivity contribution in [3.8, 4) is 0 Å². The predicted octanol–water partition coefficient (Wildman–Crippen LogP) is 3.79. The number of hydrogen-bond donors (Lipinski definition) is 1. The number of nitrogens with one attached hydrogen (secondary N) is 1. The fourth-order valence-corrected chi connectivity index (χ4v) is 2.77. The third-order valence-corrected chi connectivity index (χ3v) is 4.11. The Morgan fingerprint density at radius 2 is 1.88 bits per heavy atom. The molecule has 3 nitrogen and oxygen atoms in total. The molecule has 1 amide bonds. The van der Waals surface area contributed by atoms with Gasteiger partial charge < -0.3 is 5.32 Å². The Labute approximate surface area is 140 Å². The lowest BCUT2D eigenvalue weighted by Gasteiger charge is -2.13. The molecule has 8 heteroatoms. The number of amides is 1. The van der Waals surface area contributed by atoms with Gasteiger partial charge >= 0.3 is 6.18 Å². The molecule has 0 saturated carbocycles. The summed E-state index contributed by atoms with van der Waals surface area (Å²) in [5.74, 6) is -0.637. The second kappa shape index (κ2) is 8.14. The molecule has 0 aliphatic heterocycles. The Morgan fingerprint density at radius 1 is 1.17 bits per heavy atom. The summed E-state index contributed by atoms with van der Waals surface area (Å²) < 4.78 is 51.6. The van der Waals surface area contributed by atoms with Crippen LogP contribution in [-0.2, 0) is 23.3 Å². The van der Waals surface area contributed by atoms with Gasteiger partial charge in [-0.25, -0.2) is 4.39 Å². The fraction of sp³-hybridized carbons (Fsp3) is 0.250. The van der Waals surface area contributed by atoms with Crippen LogP contribution in [-0.4, -0.2) is 16.6 Å². The standard InChI is InChI=1S/C16H14F4N2OS/c17-13-2-1-12(14(7-13)16(18,19)20)8-22-15(23)10-24-9-11-3-5-21-6-4-11/h1-7H,8-10H2,(H,22,23). The summed E-state index contributed by atoms with van der Waals surface area (Å²) >= 11 is 1.34. The van der Waals surface area contributed by atoms with Crippen LogP contribution in [0.15, 0.2) is 42.7 Å². The zero-order chi connectivity index (χ0) is 17.6. The number of nitrogens with zero attached hydrogens (tertiary/aromatic N) is 1. The van der Waals surface area contributed by atoms with Gasteiger partial charge in [0.05, 0.1) is 11.3 Å². The number of carbonyl (C=O) groups is 1. The number of benzene rings is 1. The zero-order valence-corrected chi connectivity index (χ0v) is 13.3. The predicted molar refractivity (Wildman–Crippen MR) is 83.6 cm³/mol. The number of aromatic nitrogens is 1. The first-order chi connectivity index (χ1) is 11.4. The van der Waals surface area contributed by atoms with Crippen molar-refractivity contribution in [3.05, 3.63) is 65.2 Å². The Hall–Kier alpha value is -2.09. The third-order valence-electron chi connectivity index (χ3n) is 3.10. The minimum Gasteiger partial charge on any atom is -0.351 e. The SMILES string of the molecule is O=C(CSCc1ccncc1)NCc1ccc(F)cc1C(F)(F)F. The molecule has 0 spiro atoms. The van der Waals surface area contributed by atoms with Crippen molar-refractivity contribution in [2.75, 3.05) is 5.75 Å². The topological polar surface area (TPSA) is 42.0 Å². The normalized spacial score (nSPS) is 11.3. The van der Waals surface area contributed by atoms with Crippen molar-refractivity contribution in [2.45, 2.75) is 18.5 Å². The van der Waals surface area contributed by atoms with Gasteiger partial charge in [0, 0.05) is 24.7 Å². The summed E-state index contributed by atoms with van der Waals surface area (Å²) in [6.07, 6.45) is -1.38.